The number of nitrogens with one attached hydrogen (secondary N) is 2. The van der Waals surface area contributed by atoms with Gasteiger partial charge in [-0.15, -0.1) is 5.10 Å². The van der Waals surface area contributed by atoms with Crippen molar-refractivity contribution in [2.24, 2.45) is 7.05 Å². The van der Waals surface area contributed by atoms with Crippen LogP contribution in [0.2, 0.25) is 0 Å². The topological polar surface area (TPSA) is 114 Å². The molecule has 0 spiro atoms. The third-order valence-corrected chi connectivity index (χ3v) is 6.00. The molecule has 2 bridgehead atoms. The van der Waals surface area contributed by atoms with E-state index in [1.54, 1.807) is 4.68 Å². The van der Waals surface area contributed by atoms with Crippen LogP contribution in [-0.4, -0.2) is 54.6 Å². The zero-order valence-electron chi connectivity index (χ0n) is 18.8. The van der Waals surface area contributed by atoms with Crippen molar-refractivity contribution >= 4 is 23.1 Å². The average molecular weight is 449 g/mol. The van der Waals surface area contributed by atoms with Gasteiger partial charge in [-0.2, -0.15) is 10.2 Å². The SMILES string of the molecule is Cc1[nH]nc2c1/C=C/c1[nH]nc3ccc(cc13)-c1cnn(C)c1OCCCO2.OC1CCC1. The molecule has 33 heavy (non-hydrogen) atoms. The Bertz CT molecular complexity index is 1280. The minimum Gasteiger partial charge on any atom is -0.477 e. The number of ether oxygens (including phenoxy) is 2. The van der Waals surface area contributed by atoms with Crippen LogP contribution in [0.4, 0.5) is 0 Å². The summed E-state index contributed by atoms with van der Waals surface area (Å²) in [7, 11) is 1.88. The number of aliphatic hydroxyl groups excluding tert-OH is 1. The van der Waals surface area contributed by atoms with Gasteiger partial charge in [-0.1, -0.05) is 6.07 Å². The van der Waals surface area contributed by atoms with Gasteiger partial charge in [0.05, 0.1) is 47.9 Å². The highest BCUT2D eigenvalue weighted by atomic mass is 16.5. The number of rotatable bonds is 0. The molecule has 1 aromatic carbocycles. The van der Waals surface area contributed by atoms with E-state index >= 15 is 0 Å². The van der Waals surface area contributed by atoms with Crippen molar-refractivity contribution in [3.63, 3.8) is 0 Å². The Kier molecular flexibility index (Phi) is 5.87. The lowest BCUT2D eigenvalue weighted by atomic mass is 9.97. The molecule has 3 N–H and O–H groups in total. The maximum Gasteiger partial charge on any atom is 0.240 e. The molecule has 3 aromatic heterocycles. The van der Waals surface area contributed by atoms with Gasteiger partial charge in [0.2, 0.25) is 11.8 Å². The van der Waals surface area contributed by atoms with E-state index in [9.17, 15) is 0 Å². The third kappa shape index (κ3) is 4.36. The van der Waals surface area contributed by atoms with Gasteiger partial charge >= 0.3 is 0 Å². The minimum atomic E-state index is 0.0648. The molecule has 0 saturated heterocycles. The Morgan fingerprint density at radius 2 is 1.88 bits per heavy atom. The van der Waals surface area contributed by atoms with Gasteiger partial charge in [-0.05, 0) is 56.0 Å². The summed E-state index contributed by atoms with van der Waals surface area (Å²) >= 11 is 0. The van der Waals surface area contributed by atoms with Gasteiger partial charge in [0, 0.05) is 24.5 Å². The van der Waals surface area contributed by atoms with E-state index in [-0.39, 0.29) is 6.10 Å². The first kappa shape index (κ1) is 21.3. The van der Waals surface area contributed by atoms with Crippen LogP contribution in [0.3, 0.4) is 0 Å². The normalized spacial score (nSPS) is 16.8. The minimum absolute atomic E-state index is 0.0648. The average Bonchev–Trinajstić information content (AvgIpc) is 3.47. The van der Waals surface area contributed by atoms with Crippen LogP contribution >= 0.6 is 0 Å². The second-order valence-electron chi connectivity index (χ2n) is 8.39. The molecule has 0 amide bonds. The molecule has 1 saturated carbocycles. The molecule has 0 unspecified atom stereocenters. The van der Waals surface area contributed by atoms with Gasteiger partial charge < -0.3 is 14.6 Å². The molecule has 9 heteroatoms. The number of nitrogens with zero attached hydrogens (tertiary/aromatic N) is 4. The van der Waals surface area contributed by atoms with Crippen LogP contribution in [0.15, 0.2) is 24.4 Å². The number of fused-ring (bicyclic) bond motifs is 4. The zero-order valence-corrected chi connectivity index (χ0v) is 18.8. The highest BCUT2D eigenvalue weighted by Crippen LogP contribution is 2.33. The number of hydrogen-bond donors (Lipinski definition) is 3. The lowest BCUT2D eigenvalue weighted by Gasteiger charge is -2.17. The summed E-state index contributed by atoms with van der Waals surface area (Å²) in [5.74, 6) is 1.33. The summed E-state index contributed by atoms with van der Waals surface area (Å²) in [4.78, 5) is 0. The molecule has 0 atom stereocenters. The van der Waals surface area contributed by atoms with E-state index in [1.165, 1.54) is 6.42 Å². The number of hydrogen-bond acceptors (Lipinski definition) is 6. The first-order valence-electron chi connectivity index (χ1n) is 11.3. The number of aliphatic hydroxyl groups is 1. The molecule has 6 rings (SSSR count). The standard InChI is InChI=1S/C20H20N6O2.C4H8O/c1-12-14-5-7-18-15-10-13(4-6-17(15)23-24-18)16-11-21-26(2)20(16)28-9-3-8-27-19(14)25-22-12;5-4-2-1-3-4/h4-7,10-11H,3,8-9H2,1-2H3,(H,22,25)(H,23,24);4-5H,1-3H2/b7-5+;. The number of aryl methyl sites for hydroxylation is 2. The molecule has 2 aliphatic rings. The van der Waals surface area contributed by atoms with Crippen molar-refractivity contribution in [1.82, 2.24) is 30.2 Å². The first-order valence-corrected chi connectivity index (χ1v) is 11.3. The molecule has 4 aromatic rings. The van der Waals surface area contributed by atoms with E-state index in [0.717, 1.165) is 64.1 Å². The fraction of sp³-hybridized carbons (Fsp3) is 0.375. The quantitative estimate of drug-likeness (QED) is 0.376. The monoisotopic (exact) mass is 448 g/mol. The highest BCUT2D eigenvalue weighted by molar-refractivity contribution is 5.93. The molecule has 9 nitrogen and oxygen atoms in total. The fourth-order valence-corrected chi connectivity index (χ4v) is 3.79. The molecule has 172 valence electrons. The Morgan fingerprint density at radius 1 is 1.06 bits per heavy atom. The van der Waals surface area contributed by atoms with E-state index < -0.39 is 0 Å². The molecule has 1 aliphatic heterocycles. The van der Waals surface area contributed by atoms with Crippen LogP contribution < -0.4 is 9.47 Å². The van der Waals surface area contributed by atoms with Crippen molar-refractivity contribution in [3.05, 3.63) is 41.3 Å². The summed E-state index contributed by atoms with van der Waals surface area (Å²) in [5, 5.41) is 28.6. The maximum absolute atomic E-state index is 8.45. The van der Waals surface area contributed by atoms with Gasteiger partial charge in [0.25, 0.3) is 0 Å². The van der Waals surface area contributed by atoms with E-state index in [1.807, 2.05) is 44.5 Å². The number of aromatic nitrogens is 6. The Labute approximate surface area is 191 Å². The van der Waals surface area contributed by atoms with Gasteiger partial charge in [-0.25, -0.2) is 4.68 Å². The summed E-state index contributed by atoms with van der Waals surface area (Å²) in [6, 6.07) is 6.16. The summed E-state index contributed by atoms with van der Waals surface area (Å²) in [6.07, 6.45) is 9.96. The van der Waals surface area contributed by atoms with Crippen LogP contribution in [0.5, 0.6) is 11.8 Å². The zero-order chi connectivity index (χ0) is 22.8. The lowest BCUT2D eigenvalue weighted by molar-refractivity contribution is 0.0950. The maximum atomic E-state index is 8.45. The smallest absolute Gasteiger partial charge is 0.240 e. The van der Waals surface area contributed by atoms with Crippen molar-refractivity contribution in [2.75, 3.05) is 13.2 Å². The number of H-pyrrole nitrogens is 2. The van der Waals surface area contributed by atoms with Crippen LogP contribution in [0.1, 0.15) is 42.6 Å². The van der Waals surface area contributed by atoms with Crippen LogP contribution in [0, 0.1) is 6.92 Å². The van der Waals surface area contributed by atoms with E-state index in [4.69, 9.17) is 14.6 Å². The first-order chi connectivity index (χ1) is 16.1. The predicted molar refractivity (Wildman–Crippen MR) is 126 cm³/mol. The Morgan fingerprint density at radius 3 is 2.67 bits per heavy atom. The molecular formula is C24H28N6O3. The largest absolute Gasteiger partial charge is 0.477 e. The van der Waals surface area contributed by atoms with Gasteiger partial charge in [-0.3, -0.25) is 10.2 Å². The molecule has 1 fully saturated rings. The molecular weight excluding hydrogens is 420 g/mol. The van der Waals surface area contributed by atoms with Crippen molar-refractivity contribution < 1.29 is 14.6 Å². The van der Waals surface area contributed by atoms with Crippen molar-refractivity contribution in [3.8, 4) is 22.9 Å². The molecule has 0 radical (unpaired) electrons. The number of benzene rings is 1. The van der Waals surface area contributed by atoms with Gasteiger partial charge in [0.1, 0.15) is 0 Å². The Balaban J connectivity index is 0.000000406. The van der Waals surface area contributed by atoms with E-state index in [0.29, 0.717) is 19.1 Å². The third-order valence-electron chi connectivity index (χ3n) is 6.00. The summed E-state index contributed by atoms with van der Waals surface area (Å²) in [6.45, 7) is 3.02. The second kappa shape index (κ2) is 9.11. The second-order valence-corrected chi connectivity index (χ2v) is 8.39. The fourth-order valence-electron chi connectivity index (χ4n) is 3.79. The van der Waals surface area contributed by atoms with Crippen molar-refractivity contribution in [2.45, 2.75) is 38.7 Å². The van der Waals surface area contributed by atoms with Crippen molar-refractivity contribution in [1.29, 1.82) is 0 Å². The van der Waals surface area contributed by atoms with E-state index in [2.05, 4.69) is 31.6 Å². The summed E-state index contributed by atoms with van der Waals surface area (Å²) in [5.41, 5.74) is 5.71. The van der Waals surface area contributed by atoms with Crippen LogP contribution in [-0.2, 0) is 7.05 Å². The number of aromatic amines is 2. The summed E-state index contributed by atoms with van der Waals surface area (Å²) < 4.78 is 13.6. The highest BCUT2D eigenvalue weighted by Gasteiger charge is 2.16. The predicted octanol–water partition coefficient (Wildman–Crippen LogP) is 3.86. The molecule has 1 aliphatic carbocycles. The Hall–Kier alpha value is -3.59. The van der Waals surface area contributed by atoms with Gasteiger partial charge in [0.15, 0.2) is 0 Å². The lowest BCUT2D eigenvalue weighted by Crippen LogP contribution is -2.15. The van der Waals surface area contributed by atoms with Crippen LogP contribution in [0.25, 0.3) is 34.2 Å². The molecule has 4 heterocycles.